The Bertz CT molecular complexity index is 1860. The van der Waals surface area contributed by atoms with E-state index in [2.05, 4.69) is 45.1 Å². The molecule has 1 fully saturated rings. The summed E-state index contributed by atoms with van der Waals surface area (Å²) in [4.78, 5) is 19.7. The van der Waals surface area contributed by atoms with Crippen molar-refractivity contribution in [2.24, 2.45) is 11.8 Å². The molecule has 7 heterocycles. The average molecular weight is 644 g/mol. The Morgan fingerprint density at radius 2 is 2.04 bits per heavy atom. The monoisotopic (exact) mass is 643 g/mol. The van der Waals surface area contributed by atoms with Crippen LogP contribution in [0.25, 0.3) is 32.1 Å². The van der Waals surface area contributed by atoms with Crippen molar-refractivity contribution in [1.29, 1.82) is 0 Å². The van der Waals surface area contributed by atoms with Gasteiger partial charge in [0, 0.05) is 54.1 Å². The van der Waals surface area contributed by atoms with E-state index in [4.69, 9.17) is 19.9 Å². The first-order valence-corrected chi connectivity index (χ1v) is 17.8. The third-order valence-electron chi connectivity index (χ3n) is 8.95. The minimum absolute atomic E-state index is 0.117. The molecule has 3 aliphatic rings. The molecule has 0 bridgehead atoms. The Morgan fingerprint density at radius 3 is 2.78 bits per heavy atom. The predicted molar refractivity (Wildman–Crippen MR) is 175 cm³/mol. The van der Waals surface area contributed by atoms with E-state index in [9.17, 15) is 4.21 Å². The van der Waals surface area contributed by atoms with Crippen LogP contribution in [-0.2, 0) is 34.8 Å². The first-order valence-electron chi connectivity index (χ1n) is 15.6. The summed E-state index contributed by atoms with van der Waals surface area (Å²) in [5, 5.41) is 8.50. The second-order valence-corrected chi connectivity index (χ2v) is 14.8. The van der Waals surface area contributed by atoms with Crippen molar-refractivity contribution in [2.75, 3.05) is 24.7 Å². The fourth-order valence-corrected chi connectivity index (χ4v) is 9.56. The number of rotatable bonds is 6. The molecule has 0 amide bonds. The van der Waals surface area contributed by atoms with Crippen LogP contribution in [0.3, 0.4) is 0 Å². The molecule has 10 nitrogen and oxygen atoms in total. The molecule has 5 aromatic rings. The Kier molecular flexibility index (Phi) is 8.45. The van der Waals surface area contributed by atoms with Crippen molar-refractivity contribution in [3.05, 3.63) is 59.3 Å². The van der Waals surface area contributed by atoms with Gasteiger partial charge >= 0.3 is 0 Å². The molecule has 8 rings (SSSR count). The summed E-state index contributed by atoms with van der Waals surface area (Å²) in [6.45, 7) is 7.69. The van der Waals surface area contributed by atoms with E-state index in [0.717, 1.165) is 75.0 Å². The molecular weight excluding hydrogens is 607 g/mol. The van der Waals surface area contributed by atoms with Gasteiger partial charge in [-0.25, -0.2) is 9.97 Å². The zero-order valence-electron chi connectivity index (χ0n) is 25.8. The number of fused-ring (bicyclic) bond motifs is 3. The average Bonchev–Trinajstić information content (AvgIpc) is 3.87. The summed E-state index contributed by atoms with van der Waals surface area (Å²) in [5.74, 6) is 2.78. The third-order valence-corrected chi connectivity index (χ3v) is 11.6. The van der Waals surface area contributed by atoms with Crippen LogP contribution in [0.4, 0.5) is 5.82 Å². The summed E-state index contributed by atoms with van der Waals surface area (Å²) < 4.78 is 26.1. The van der Waals surface area contributed by atoms with Gasteiger partial charge in [-0.2, -0.15) is 0 Å². The van der Waals surface area contributed by atoms with Crippen LogP contribution in [0.15, 0.2) is 40.0 Å². The van der Waals surface area contributed by atoms with Gasteiger partial charge in [0.05, 0.1) is 42.9 Å². The number of hydrogen-bond acceptors (Lipinski definition) is 11. The fraction of sp³-hybridized carbons (Fsp3) is 0.455. The van der Waals surface area contributed by atoms with Gasteiger partial charge in [0.25, 0.3) is 0 Å². The van der Waals surface area contributed by atoms with Crippen molar-refractivity contribution < 1.29 is 13.4 Å². The summed E-state index contributed by atoms with van der Waals surface area (Å²) in [7, 11) is -1.21. The molecule has 45 heavy (non-hydrogen) atoms. The van der Waals surface area contributed by atoms with Crippen molar-refractivity contribution in [2.45, 2.75) is 70.1 Å². The van der Waals surface area contributed by atoms with Gasteiger partial charge in [-0.15, -0.1) is 21.5 Å². The van der Waals surface area contributed by atoms with Crippen LogP contribution in [0.1, 0.15) is 67.6 Å². The van der Waals surface area contributed by atoms with Crippen molar-refractivity contribution in [3.63, 3.8) is 0 Å². The van der Waals surface area contributed by atoms with E-state index in [1.807, 2.05) is 18.3 Å². The molecule has 1 aliphatic carbocycles. The molecule has 5 aromatic heterocycles. The highest BCUT2D eigenvalue weighted by Gasteiger charge is 2.38. The molecule has 0 radical (unpaired) electrons. The number of ether oxygens (including phenoxy) is 1. The zero-order chi connectivity index (χ0) is 31.1. The van der Waals surface area contributed by atoms with Crippen molar-refractivity contribution in [3.8, 4) is 21.9 Å². The van der Waals surface area contributed by atoms with Crippen LogP contribution >= 0.6 is 11.3 Å². The maximum absolute atomic E-state index is 13.7. The second-order valence-electron chi connectivity index (χ2n) is 12.3. The first-order chi connectivity index (χ1) is 21.9. The quantitative estimate of drug-likeness (QED) is 0.231. The van der Waals surface area contributed by atoms with E-state index in [1.54, 1.807) is 6.92 Å². The minimum Gasteiger partial charge on any atom is -0.421 e. The molecule has 3 atom stereocenters. The lowest BCUT2D eigenvalue weighted by atomic mass is 9.90. The maximum Gasteiger partial charge on any atom is 0.250 e. The van der Waals surface area contributed by atoms with Crippen LogP contribution < -0.4 is 5.73 Å². The Morgan fingerprint density at radius 1 is 1.16 bits per heavy atom. The van der Waals surface area contributed by atoms with Crippen molar-refractivity contribution in [1.82, 2.24) is 30.1 Å². The SMILES string of the molecule is Cc1nnc(-c2c(CCC3CCOC3)nc3c(c2-c2cc4ncnc(N)c4s2)S(=O)CC3C(C)C)o1.c1cnc2c(c1)CCC2. The molecule has 12 heteroatoms. The number of aryl methyl sites for hydroxylation is 4. The van der Waals surface area contributed by atoms with Crippen LogP contribution in [0, 0.1) is 18.8 Å². The summed E-state index contributed by atoms with van der Waals surface area (Å²) in [6.07, 6.45) is 9.83. The number of nitrogen functional groups attached to an aromatic ring is 1. The number of pyridine rings is 2. The maximum atomic E-state index is 13.7. The molecule has 234 valence electrons. The number of hydrogen-bond donors (Lipinski definition) is 1. The minimum atomic E-state index is -1.21. The fourth-order valence-electron chi connectivity index (χ4n) is 6.52. The molecule has 2 N–H and O–H groups in total. The zero-order valence-corrected chi connectivity index (χ0v) is 27.4. The highest BCUT2D eigenvalue weighted by molar-refractivity contribution is 7.85. The number of anilines is 1. The van der Waals surface area contributed by atoms with Gasteiger partial charge in [0.15, 0.2) is 0 Å². The largest absolute Gasteiger partial charge is 0.421 e. The highest BCUT2D eigenvalue weighted by atomic mass is 32.2. The molecular formula is C33H37N7O3S2. The van der Waals surface area contributed by atoms with E-state index >= 15 is 0 Å². The Hall–Kier alpha value is -3.61. The molecule has 1 saturated heterocycles. The van der Waals surface area contributed by atoms with E-state index in [0.29, 0.717) is 35.2 Å². The Balaban J connectivity index is 0.000000308. The van der Waals surface area contributed by atoms with E-state index in [-0.39, 0.29) is 5.92 Å². The molecule has 0 saturated carbocycles. The van der Waals surface area contributed by atoms with Gasteiger partial charge in [0.2, 0.25) is 11.8 Å². The second kappa shape index (κ2) is 12.6. The number of nitrogens with zero attached hydrogens (tertiary/aromatic N) is 6. The standard InChI is InChI=1S/C25H28N6O3S2.C8H9N/c1-12(2)15-10-36(32)23-20(18-8-17-22(35-18)24(26)28-11-27-17)19(25-31-30-13(3)34-25)16(29-21(15)23)5-4-14-6-7-33-9-14;1-3-7-4-2-6-9-8(7)5-1/h8,11-12,14-15H,4-7,9-10H2,1-3H3,(H2,26,27,28);2,4,6H,1,3,5H2. The van der Waals surface area contributed by atoms with Gasteiger partial charge < -0.3 is 14.9 Å². The predicted octanol–water partition coefficient (Wildman–Crippen LogP) is 6.09. The number of thiophene rings is 1. The van der Waals surface area contributed by atoms with E-state index in [1.165, 1.54) is 48.2 Å². The van der Waals surface area contributed by atoms with Crippen LogP contribution in [0.2, 0.25) is 0 Å². The molecule has 0 spiro atoms. The number of nitrogens with two attached hydrogens (primary N) is 1. The molecule has 0 aromatic carbocycles. The van der Waals surface area contributed by atoms with E-state index < -0.39 is 10.8 Å². The van der Waals surface area contributed by atoms with Gasteiger partial charge in [-0.3, -0.25) is 14.2 Å². The van der Waals surface area contributed by atoms with Crippen LogP contribution in [-0.4, -0.2) is 53.3 Å². The number of aromatic nitrogens is 6. The summed E-state index contributed by atoms with van der Waals surface area (Å²) in [5.41, 5.74) is 13.2. The molecule has 2 aliphatic heterocycles. The van der Waals surface area contributed by atoms with Crippen molar-refractivity contribution >= 4 is 38.2 Å². The topological polar surface area (TPSA) is 143 Å². The van der Waals surface area contributed by atoms with Crippen LogP contribution in [0.5, 0.6) is 0 Å². The summed E-state index contributed by atoms with van der Waals surface area (Å²) >= 11 is 1.50. The van der Waals surface area contributed by atoms with Gasteiger partial charge in [-0.05, 0) is 68.1 Å². The molecule has 3 unspecified atom stereocenters. The van der Waals surface area contributed by atoms with Gasteiger partial charge in [-0.1, -0.05) is 19.9 Å². The lowest BCUT2D eigenvalue weighted by Crippen LogP contribution is -2.11. The highest BCUT2D eigenvalue weighted by Crippen LogP contribution is 2.49. The van der Waals surface area contributed by atoms with Gasteiger partial charge in [0.1, 0.15) is 12.1 Å². The smallest absolute Gasteiger partial charge is 0.250 e. The first kappa shape index (κ1) is 30.1. The third kappa shape index (κ3) is 5.91. The lowest BCUT2D eigenvalue weighted by Gasteiger charge is -2.19. The Labute approximate surface area is 268 Å². The summed E-state index contributed by atoms with van der Waals surface area (Å²) in [6, 6.07) is 6.19. The lowest BCUT2D eigenvalue weighted by molar-refractivity contribution is 0.184. The normalized spacial score (nSPS) is 20.4.